The Morgan fingerprint density at radius 2 is 2.11 bits per heavy atom. The largest absolute Gasteiger partial charge is 0.442 e. The van der Waals surface area contributed by atoms with E-state index in [1.165, 1.54) is 28.9 Å². The van der Waals surface area contributed by atoms with Crippen LogP contribution in [0, 0.1) is 0 Å². The zero-order chi connectivity index (χ0) is 19.0. The topological polar surface area (TPSA) is 107 Å². The van der Waals surface area contributed by atoms with Crippen LogP contribution in [-0.4, -0.2) is 15.6 Å². The van der Waals surface area contributed by atoms with Crippen LogP contribution in [-0.2, 0) is 11.3 Å². The molecule has 0 atom stereocenters. The lowest BCUT2D eigenvalue weighted by Crippen LogP contribution is -2.17. The van der Waals surface area contributed by atoms with Crippen molar-refractivity contribution in [2.75, 3.05) is 5.32 Å². The molecule has 1 aromatic carbocycles. The van der Waals surface area contributed by atoms with E-state index in [4.69, 9.17) is 8.94 Å². The molecule has 8 nitrogen and oxygen atoms in total. The van der Waals surface area contributed by atoms with Crippen LogP contribution >= 0.6 is 11.3 Å². The first-order chi connectivity index (χ1) is 13.0. The van der Waals surface area contributed by atoms with Gasteiger partial charge in [-0.05, 0) is 29.1 Å². The molecule has 4 rings (SSSR count). The zero-order valence-electron chi connectivity index (χ0n) is 14.1. The lowest BCUT2D eigenvalue weighted by molar-refractivity contribution is -0.114. The smallest absolute Gasteiger partial charge is 0.423 e. The Bertz CT molecular complexity index is 1250. The molecule has 1 N–H and O–H groups in total. The molecule has 0 aliphatic carbocycles. The number of anilines is 1. The molecule has 3 aromatic heterocycles. The fourth-order valence-corrected chi connectivity index (χ4v) is 3.52. The number of benzene rings is 1. The fourth-order valence-electron chi connectivity index (χ4n) is 2.80. The molecule has 0 spiro atoms. The Labute approximate surface area is 155 Å². The van der Waals surface area contributed by atoms with Crippen LogP contribution in [0.15, 0.2) is 60.3 Å². The number of amides is 1. The number of nitrogens with one attached hydrogen (secondary N) is 1. The van der Waals surface area contributed by atoms with Gasteiger partial charge < -0.3 is 9.73 Å². The normalized spacial score (nSPS) is 11.0. The summed E-state index contributed by atoms with van der Waals surface area (Å²) in [6.45, 7) is 1.48. The maximum Gasteiger partial charge on any atom is 0.442 e. The Morgan fingerprint density at radius 3 is 2.85 bits per heavy atom. The van der Waals surface area contributed by atoms with Gasteiger partial charge in [-0.3, -0.25) is 13.9 Å². The molecule has 3 heterocycles. The summed E-state index contributed by atoms with van der Waals surface area (Å²) in [5.41, 5.74) is 0.848. The third kappa shape index (κ3) is 3.32. The van der Waals surface area contributed by atoms with Crippen molar-refractivity contribution in [3.05, 3.63) is 68.3 Å². The lowest BCUT2D eigenvalue weighted by atomic mass is 10.1. The van der Waals surface area contributed by atoms with E-state index in [-0.39, 0.29) is 12.5 Å². The van der Waals surface area contributed by atoms with Crippen molar-refractivity contribution < 1.29 is 13.7 Å². The number of hydrogen-bond donors (Lipinski definition) is 1. The van der Waals surface area contributed by atoms with Gasteiger partial charge in [0.05, 0.1) is 11.4 Å². The van der Waals surface area contributed by atoms with E-state index in [0.29, 0.717) is 28.0 Å². The fraction of sp³-hybridized carbons (Fsp3) is 0.111. The van der Waals surface area contributed by atoms with Crippen molar-refractivity contribution in [2.45, 2.75) is 13.5 Å². The van der Waals surface area contributed by atoms with Gasteiger partial charge in [0, 0.05) is 30.1 Å². The van der Waals surface area contributed by atoms with Crippen molar-refractivity contribution in [3.8, 4) is 10.7 Å². The van der Waals surface area contributed by atoms with Gasteiger partial charge in [-0.25, -0.2) is 9.59 Å². The van der Waals surface area contributed by atoms with Gasteiger partial charge in [0.2, 0.25) is 5.91 Å². The molecule has 4 aromatic rings. The monoisotopic (exact) mass is 383 g/mol. The maximum absolute atomic E-state index is 12.1. The predicted molar refractivity (Wildman–Crippen MR) is 100.0 cm³/mol. The molecule has 0 aliphatic rings. The number of nitrogens with zero attached hydrogens (tertiary/aromatic N) is 2. The highest BCUT2D eigenvalue weighted by Gasteiger charge is 2.16. The first-order valence-electron chi connectivity index (χ1n) is 7.96. The molecule has 0 aliphatic heterocycles. The maximum atomic E-state index is 12.1. The molecule has 0 bridgehead atoms. The minimum Gasteiger partial charge on any atom is -0.423 e. The second-order valence-corrected chi connectivity index (χ2v) is 6.77. The summed E-state index contributed by atoms with van der Waals surface area (Å²) in [5.74, 6) is -0.453. The van der Waals surface area contributed by atoms with E-state index in [1.807, 2.05) is 17.5 Å². The number of aromatic nitrogens is 2. The first kappa shape index (κ1) is 17.0. The van der Waals surface area contributed by atoms with Gasteiger partial charge >= 0.3 is 11.4 Å². The van der Waals surface area contributed by atoms with Gasteiger partial charge in [-0.1, -0.05) is 11.2 Å². The molecular formula is C18H13N3O5S. The summed E-state index contributed by atoms with van der Waals surface area (Å²) in [4.78, 5) is 36.1. The molecular weight excluding hydrogens is 370 g/mol. The van der Waals surface area contributed by atoms with Crippen molar-refractivity contribution in [2.24, 2.45) is 0 Å². The Kier molecular flexibility index (Phi) is 4.21. The third-order valence-electron chi connectivity index (χ3n) is 3.91. The summed E-state index contributed by atoms with van der Waals surface area (Å²) < 4.78 is 11.4. The van der Waals surface area contributed by atoms with Crippen molar-refractivity contribution in [1.29, 1.82) is 0 Å². The Morgan fingerprint density at radius 1 is 1.26 bits per heavy atom. The minimum absolute atomic E-state index is 0.0944. The minimum atomic E-state index is -0.616. The third-order valence-corrected chi connectivity index (χ3v) is 4.77. The predicted octanol–water partition coefficient (Wildman–Crippen LogP) is 2.68. The second-order valence-electron chi connectivity index (χ2n) is 5.82. The van der Waals surface area contributed by atoms with E-state index in [2.05, 4.69) is 10.5 Å². The van der Waals surface area contributed by atoms with E-state index >= 15 is 0 Å². The molecule has 0 unspecified atom stereocenters. The summed E-state index contributed by atoms with van der Waals surface area (Å²) in [6.07, 6.45) is 0. The summed E-state index contributed by atoms with van der Waals surface area (Å²) >= 11 is 1.43. The van der Waals surface area contributed by atoms with Crippen LogP contribution in [0.5, 0.6) is 0 Å². The average Bonchev–Trinajstić information content (AvgIpc) is 3.24. The lowest BCUT2D eigenvalue weighted by Gasteiger charge is -2.08. The van der Waals surface area contributed by atoms with Gasteiger partial charge in [0.25, 0.3) is 0 Å². The van der Waals surface area contributed by atoms with E-state index < -0.39 is 11.4 Å². The highest BCUT2D eigenvalue weighted by atomic mass is 32.1. The van der Waals surface area contributed by atoms with Crippen molar-refractivity contribution >= 4 is 33.9 Å². The second kappa shape index (κ2) is 6.69. The molecule has 0 saturated heterocycles. The van der Waals surface area contributed by atoms with Crippen LogP contribution in [0.1, 0.15) is 12.5 Å². The Hall–Kier alpha value is -3.46. The van der Waals surface area contributed by atoms with Gasteiger partial charge in [0.15, 0.2) is 5.82 Å². The van der Waals surface area contributed by atoms with E-state index in [1.54, 1.807) is 18.2 Å². The van der Waals surface area contributed by atoms with Crippen molar-refractivity contribution in [3.63, 3.8) is 0 Å². The van der Waals surface area contributed by atoms with Crippen LogP contribution in [0.3, 0.4) is 0 Å². The number of carbonyl (C=O) groups is 1. The van der Waals surface area contributed by atoms with Crippen molar-refractivity contribution in [1.82, 2.24) is 9.72 Å². The highest BCUT2D eigenvalue weighted by molar-refractivity contribution is 7.13. The quantitative estimate of drug-likeness (QED) is 0.543. The molecule has 9 heteroatoms. The highest BCUT2D eigenvalue weighted by Crippen LogP contribution is 2.25. The first-order valence-corrected chi connectivity index (χ1v) is 8.84. The molecule has 136 valence electrons. The van der Waals surface area contributed by atoms with Crippen LogP contribution in [0.2, 0.25) is 0 Å². The number of fused-ring (bicyclic) bond motifs is 1. The number of rotatable bonds is 4. The summed E-state index contributed by atoms with van der Waals surface area (Å²) in [6, 6.07) is 10.00. The Balaban J connectivity index is 1.81. The number of hydrogen-bond acceptors (Lipinski definition) is 7. The molecule has 0 saturated carbocycles. The van der Waals surface area contributed by atoms with E-state index in [9.17, 15) is 14.4 Å². The van der Waals surface area contributed by atoms with Gasteiger partial charge in [-0.15, -0.1) is 11.3 Å². The van der Waals surface area contributed by atoms with Crippen LogP contribution < -0.4 is 16.7 Å². The van der Waals surface area contributed by atoms with Crippen LogP contribution in [0.25, 0.3) is 21.7 Å². The average molecular weight is 383 g/mol. The molecule has 1 amide bonds. The SMILES string of the molecule is CC(=O)Nc1ccc2c(Cn3c(-c4cccs4)noc3=O)cc(=O)oc2c1. The number of carbonyl (C=O) groups excluding carboxylic acids is 1. The molecule has 0 fully saturated rings. The summed E-state index contributed by atoms with van der Waals surface area (Å²) in [5, 5.41) is 9.00. The number of thiophene rings is 1. The van der Waals surface area contributed by atoms with Gasteiger partial charge in [-0.2, -0.15) is 0 Å². The summed E-state index contributed by atoms with van der Waals surface area (Å²) in [7, 11) is 0. The van der Waals surface area contributed by atoms with Gasteiger partial charge in [0.1, 0.15) is 5.58 Å². The molecule has 27 heavy (non-hydrogen) atoms. The van der Waals surface area contributed by atoms with Crippen LogP contribution in [0.4, 0.5) is 5.69 Å². The zero-order valence-corrected chi connectivity index (χ0v) is 14.9. The molecule has 0 radical (unpaired) electrons. The standard InChI is InChI=1S/C18H13N3O5S/c1-10(22)19-12-4-5-13-11(7-16(23)25-14(13)8-12)9-21-17(20-26-18(21)24)15-3-2-6-27-15/h2-8H,9H2,1H3,(H,19,22). The van der Waals surface area contributed by atoms with E-state index in [0.717, 1.165) is 4.88 Å².